The van der Waals surface area contributed by atoms with Gasteiger partial charge in [-0.1, -0.05) is 36.4 Å². The van der Waals surface area contributed by atoms with Gasteiger partial charge in [-0.15, -0.1) is 0 Å². The number of nitrogens with one attached hydrogen (secondary N) is 2. The average Bonchev–Trinajstić information content (AvgIpc) is 3.12. The SMILES string of the molecule is CNC(=O)C1CCN(C(=O)Nc2ccc(-c3ccccc3C)cc2)C1. The highest BCUT2D eigenvalue weighted by Gasteiger charge is 2.30. The van der Waals surface area contributed by atoms with E-state index in [4.69, 9.17) is 0 Å². The van der Waals surface area contributed by atoms with Gasteiger partial charge in [0, 0.05) is 25.8 Å². The quantitative estimate of drug-likeness (QED) is 0.903. The second-order valence-electron chi connectivity index (χ2n) is 6.37. The molecule has 3 rings (SSSR count). The van der Waals surface area contributed by atoms with E-state index in [9.17, 15) is 9.59 Å². The Labute approximate surface area is 148 Å². The van der Waals surface area contributed by atoms with Crippen molar-refractivity contribution in [2.45, 2.75) is 13.3 Å². The van der Waals surface area contributed by atoms with E-state index in [2.05, 4.69) is 29.7 Å². The zero-order valence-electron chi connectivity index (χ0n) is 14.6. The van der Waals surface area contributed by atoms with E-state index in [1.54, 1.807) is 11.9 Å². The zero-order valence-corrected chi connectivity index (χ0v) is 14.6. The number of aryl methyl sites for hydroxylation is 1. The number of hydrogen-bond donors (Lipinski definition) is 2. The molecule has 2 aromatic carbocycles. The van der Waals surface area contributed by atoms with Gasteiger partial charge in [-0.2, -0.15) is 0 Å². The minimum Gasteiger partial charge on any atom is -0.359 e. The number of rotatable bonds is 3. The molecule has 0 radical (unpaired) electrons. The van der Waals surface area contributed by atoms with E-state index in [1.807, 2.05) is 36.4 Å². The van der Waals surface area contributed by atoms with Crippen LogP contribution >= 0.6 is 0 Å². The number of hydrogen-bond acceptors (Lipinski definition) is 2. The highest BCUT2D eigenvalue weighted by Crippen LogP contribution is 2.25. The van der Waals surface area contributed by atoms with Gasteiger partial charge >= 0.3 is 6.03 Å². The highest BCUT2D eigenvalue weighted by molar-refractivity contribution is 5.90. The summed E-state index contributed by atoms with van der Waals surface area (Å²) in [6.07, 6.45) is 0.708. The van der Waals surface area contributed by atoms with Gasteiger partial charge in [-0.25, -0.2) is 4.79 Å². The number of benzene rings is 2. The van der Waals surface area contributed by atoms with E-state index < -0.39 is 0 Å². The van der Waals surface area contributed by atoms with E-state index >= 15 is 0 Å². The first kappa shape index (κ1) is 17.0. The third-order valence-corrected chi connectivity index (χ3v) is 4.68. The minimum absolute atomic E-state index is 0.00196. The van der Waals surface area contributed by atoms with Crippen molar-refractivity contribution >= 4 is 17.6 Å². The smallest absolute Gasteiger partial charge is 0.321 e. The molecule has 25 heavy (non-hydrogen) atoms. The second-order valence-corrected chi connectivity index (χ2v) is 6.37. The van der Waals surface area contributed by atoms with Gasteiger partial charge in [0.05, 0.1) is 5.92 Å². The molecule has 5 nitrogen and oxygen atoms in total. The summed E-state index contributed by atoms with van der Waals surface area (Å²) in [5, 5.41) is 5.56. The van der Waals surface area contributed by atoms with Crippen LogP contribution in [0, 0.1) is 12.8 Å². The van der Waals surface area contributed by atoms with Crippen LogP contribution < -0.4 is 10.6 Å². The Hall–Kier alpha value is -2.82. The van der Waals surface area contributed by atoms with Gasteiger partial charge in [0.15, 0.2) is 0 Å². The third-order valence-electron chi connectivity index (χ3n) is 4.68. The van der Waals surface area contributed by atoms with Gasteiger partial charge in [0.2, 0.25) is 5.91 Å². The predicted octanol–water partition coefficient (Wildman–Crippen LogP) is 3.26. The number of likely N-dealkylation sites (tertiary alicyclic amines) is 1. The molecule has 0 bridgehead atoms. The van der Waals surface area contributed by atoms with E-state index in [-0.39, 0.29) is 17.9 Å². The lowest BCUT2D eigenvalue weighted by molar-refractivity contribution is -0.124. The maximum atomic E-state index is 12.4. The first-order valence-corrected chi connectivity index (χ1v) is 8.52. The molecule has 0 aromatic heterocycles. The molecule has 2 aromatic rings. The second kappa shape index (κ2) is 7.38. The number of nitrogens with zero attached hydrogens (tertiary/aromatic N) is 1. The number of carbonyl (C=O) groups is 2. The summed E-state index contributed by atoms with van der Waals surface area (Å²) >= 11 is 0. The van der Waals surface area contributed by atoms with Crippen molar-refractivity contribution in [1.82, 2.24) is 10.2 Å². The van der Waals surface area contributed by atoms with Crippen molar-refractivity contribution in [2.75, 3.05) is 25.5 Å². The lowest BCUT2D eigenvalue weighted by Gasteiger charge is -2.17. The summed E-state index contributed by atoms with van der Waals surface area (Å²) in [6, 6.07) is 15.9. The van der Waals surface area contributed by atoms with E-state index in [0.717, 1.165) is 11.3 Å². The van der Waals surface area contributed by atoms with Gasteiger partial charge in [0.1, 0.15) is 0 Å². The molecule has 5 heteroatoms. The fraction of sp³-hybridized carbons (Fsp3) is 0.300. The molecule has 1 unspecified atom stereocenters. The largest absolute Gasteiger partial charge is 0.359 e. The van der Waals surface area contributed by atoms with Crippen molar-refractivity contribution in [3.05, 3.63) is 54.1 Å². The summed E-state index contributed by atoms with van der Waals surface area (Å²) in [6.45, 7) is 3.15. The Morgan fingerprint density at radius 1 is 1.08 bits per heavy atom. The predicted molar refractivity (Wildman–Crippen MR) is 99.4 cm³/mol. The van der Waals surface area contributed by atoms with Gasteiger partial charge in [0.25, 0.3) is 0 Å². The fourth-order valence-electron chi connectivity index (χ4n) is 3.20. The Morgan fingerprint density at radius 2 is 1.80 bits per heavy atom. The van der Waals surface area contributed by atoms with E-state index in [1.165, 1.54) is 11.1 Å². The van der Waals surface area contributed by atoms with Crippen LogP contribution in [0.5, 0.6) is 0 Å². The minimum atomic E-state index is -0.157. The van der Waals surface area contributed by atoms with Crippen molar-refractivity contribution in [2.24, 2.45) is 5.92 Å². The van der Waals surface area contributed by atoms with Crippen LogP contribution in [-0.4, -0.2) is 37.0 Å². The first-order chi connectivity index (χ1) is 12.1. The molecule has 0 spiro atoms. The molecule has 1 aliphatic rings. The summed E-state index contributed by atoms with van der Waals surface area (Å²) in [5.41, 5.74) is 4.28. The average molecular weight is 337 g/mol. The van der Waals surface area contributed by atoms with Gasteiger partial charge < -0.3 is 15.5 Å². The van der Waals surface area contributed by atoms with E-state index in [0.29, 0.717) is 19.5 Å². The molecule has 0 saturated carbocycles. The molecule has 1 saturated heterocycles. The van der Waals surface area contributed by atoms with Crippen molar-refractivity contribution in [1.29, 1.82) is 0 Å². The number of carbonyl (C=O) groups excluding carboxylic acids is 2. The maximum Gasteiger partial charge on any atom is 0.321 e. The van der Waals surface area contributed by atoms with Crippen molar-refractivity contribution in [3.63, 3.8) is 0 Å². The zero-order chi connectivity index (χ0) is 17.8. The molecule has 1 fully saturated rings. The number of anilines is 1. The van der Waals surface area contributed by atoms with Crippen molar-refractivity contribution < 1.29 is 9.59 Å². The molecule has 1 aliphatic heterocycles. The molecule has 2 N–H and O–H groups in total. The Kier molecular flexibility index (Phi) is 5.03. The molecule has 0 aliphatic carbocycles. The van der Waals surface area contributed by atoms with Crippen LogP contribution in [0.2, 0.25) is 0 Å². The Bertz CT molecular complexity index is 771. The Balaban J connectivity index is 1.63. The molecule has 1 heterocycles. The first-order valence-electron chi connectivity index (χ1n) is 8.52. The number of amides is 3. The van der Waals surface area contributed by atoms with Crippen LogP contribution in [0.15, 0.2) is 48.5 Å². The summed E-state index contributed by atoms with van der Waals surface area (Å²) < 4.78 is 0. The Morgan fingerprint density at radius 3 is 2.48 bits per heavy atom. The van der Waals surface area contributed by atoms with Crippen molar-refractivity contribution in [3.8, 4) is 11.1 Å². The van der Waals surface area contributed by atoms with Crippen LogP contribution in [-0.2, 0) is 4.79 Å². The topological polar surface area (TPSA) is 61.4 Å². The summed E-state index contributed by atoms with van der Waals surface area (Å²) in [7, 11) is 1.63. The highest BCUT2D eigenvalue weighted by atomic mass is 16.2. The molecule has 3 amide bonds. The third kappa shape index (κ3) is 3.82. The molecule has 1 atom stereocenters. The molecular formula is C20H23N3O2. The monoisotopic (exact) mass is 337 g/mol. The molecule has 130 valence electrons. The standard InChI is InChI=1S/C20H23N3O2/c1-14-5-3-4-6-18(14)15-7-9-17(10-8-15)22-20(25)23-12-11-16(13-23)19(24)21-2/h3-10,16H,11-13H2,1-2H3,(H,21,24)(H,22,25). The van der Waals surface area contributed by atoms with Crippen LogP contribution in [0.3, 0.4) is 0 Å². The van der Waals surface area contributed by atoms with Gasteiger partial charge in [-0.05, 0) is 42.2 Å². The summed E-state index contributed by atoms with van der Waals surface area (Å²) in [4.78, 5) is 25.7. The van der Waals surface area contributed by atoms with Crippen LogP contribution in [0.25, 0.3) is 11.1 Å². The number of urea groups is 1. The lowest BCUT2D eigenvalue weighted by atomic mass is 10.0. The fourth-order valence-corrected chi connectivity index (χ4v) is 3.20. The normalized spacial score (nSPS) is 16.6. The van der Waals surface area contributed by atoms with Crippen LogP contribution in [0.4, 0.5) is 10.5 Å². The maximum absolute atomic E-state index is 12.4. The van der Waals surface area contributed by atoms with Gasteiger partial charge in [-0.3, -0.25) is 4.79 Å². The van der Waals surface area contributed by atoms with Crippen LogP contribution in [0.1, 0.15) is 12.0 Å². The lowest BCUT2D eigenvalue weighted by Crippen LogP contribution is -2.35. The molecular weight excluding hydrogens is 314 g/mol. The summed E-state index contributed by atoms with van der Waals surface area (Å²) in [5.74, 6) is -0.114.